The fourth-order valence-electron chi connectivity index (χ4n) is 1.74. The number of carbonyl (C=O) groups is 1. The Bertz CT molecular complexity index is 568. The quantitative estimate of drug-likeness (QED) is 0.790. The zero-order valence-corrected chi connectivity index (χ0v) is 12.5. The fourth-order valence-corrected chi connectivity index (χ4v) is 3.31. The van der Waals surface area contributed by atoms with E-state index in [1.165, 1.54) is 13.2 Å². The number of hydrogen-bond donors (Lipinski definition) is 2. The van der Waals surface area contributed by atoms with Crippen LogP contribution in [0.15, 0.2) is 29.2 Å². The number of rotatable bonds is 7. The molecule has 6 nitrogen and oxygen atoms in total. The Labute approximate surface area is 118 Å². The molecule has 0 fully saturated rings. The summed E-state index contributed by atoms with van der Waals surface area (Å²) in [5.41, 5.74) is 0.482. The van der Waals surface area contributed by atoms with Crippen LogP contribution in [0.25, 0.3) is 0 Å². The summed E-state index contributed by atoms with van der Waals surface area (Å²) < 4.78 is 31.8. The molecule has 1 atom stereocenters. The lowest BCUT2D eigenvalue weighted by Gasteiger charge is -2.19. The lowest BCUT2D eigenvalue weighted by Crippen LogP contribution is -2.44. The Morgan fingerprint density at radius 3 is 2.45 bits per heavy atom. The van der Waals surface area contributed by atoms with Crippen LogP contribution in [-0.2, 0) is 26.2 Å². The molecule has 0 saturated carbocycles. The van der Waals surface area contributed by atoms with Crippen LogP contribution in [0, 0.1) is 5.92 Å². The first kappa shape index (κ1) is 16.6. The van der Waals surface area contributed by atoms with Gasteiger partial charge in [0.1, 0.15) is 6.04 Å². The van der Waals surface area contributed by atoms with Crippen molar-refractivity contribution < 1.29 is 23.1 Å². The highest BCUT2D eigenvalue weighted by molar-refractivity contribution is 7.89. The normalized spacial score (nSPS) is 13.4. The molecule has 0 radical (unpaired) electrons. The maximum absolute atomic E-state index is 12.3. The van der Waals surface area contributed by atoms with Crippen LogP contribution in [0.1, 0.15) is 19.4 Å². The SMILES string of the molecule is COCc1ccccc1S(=O)(=O)NC(C(=O)O)C(C)C. The predicted octanol–water partition coefficient (Wildman–Crippen LogP) is 1.22. The van der Waals surface area contributed by atoms with E-state index in [1.54, 1.807) is 32.0 Å². The van der Waals surface area contributed by atoms with Crippen molar-refractivity contribution in [3.63, 3.8) is 0 Å². The van der Waals surface area contributed by atoms with E-state index in [0.717, 1.165) is 0 Å². The summed E-state index contributed by atoms with van der Waals surface area (Å²) in [4.78, 5) is 11.1. The molecular formula is C13H19NO5S. The minimum atomic E-state index is -3.91. The zero-order valence-electron chi connectivity index (χ0n) is 11.7. The molecule has 1 aromatic rings. The second-order valence-corrected chi connectivity index (χ2v) is 6.40. The van der Waals surface area contributed by atoms with Crippen LogP contribution in [0.5, 0.6) is 0 Å². The minimum Gasteiger partial charge on any atom is -0.480 e. The molecule has 0 saturated heterocycles. The van der Waals surface area contributed by atoms with Crippen LogP contribution in [-0.4, -0.2) is 32.6 Å². The number of carboxylic acid groups (broad SMARTS) is 1. The Balaban J connectivity index is 3.14. The van der Waals surface area contributed by atoms with Crippen LogP contribution in [0.4, 0.5) is 0 Å². The number of carboxylic acids is 1. The Kier molecular flexibility index (Phi) is 5.67. The Hall–Kier alpha value is -1.44. The maximum Gasteiger partial charge on any atom is 0.322 e. The number of methoxy groups -OCH3 is 1. The summed E-state index contributed by atoms with van der Waals surface area (Å²) in [5, 5.41) is 9.07. The van der Waals surface area contributed by atoms with Crippen molar-refractivity contribution in [3.8, 4) is 0 Å². The van der Waals surface area contributed by atoms with E-state index < -0.39 is 22.0 Å². The monoisotopic (exact) mass is 301 g/mol. The van der Waals surface area contributed by atoms with Gasteiger partial charge in [-0.15, -0.1) is 0 Å². The number of nitrogens with one attached hydrogen (secondary N) is 1. The summed E-state index contributed by atoms with van der Waals surface area (Å²) in [6.45, 7) is 3.42. The molecule has 0 aliphatic rings. The maximum atomic E-state index is 12.3. The summed E-state index contributed by atoms with van der Waals surface area (Å²) in [6, 6.07) is 5.17. The Morgan fingerprint density at radius 1 is 1.35 bits per heavy atom. The molecule has 0 aromatic heterocycles. The fraction of sp³-hybridized carbons (Fsp3) is 0.462. The van der Waals surface area contributed by atoms with Crippen LogP contribution in [0.3, 0.4) is 0 Å². The van der Waals surface area contributed by atoms with Gasteiger partial charge in [-0.25, -0.2) is 8.42 Å². The molecule has 0 amide bonds. The predicted molar refractivity (Wildman–Crippen MR) is 73.7 cm³/mol. The topological polar surface area (TPSA) is 92.7 Å². The van der Waals surface area contributed by atoms with Crippen molar-refractivity contribution in [2.45, 2.75) is 31.4 Å². The molecule has 1 rings (SSSR count). The van der Waals surface area contributed by atoms with E-state index in [0.29, 0.717) is 5.56 Å². The van der Waals surface area contributed by atoms with Gasteiger partial charge in [0.05, 0.1) is 11.5 Å². The highest BCUT2D eigenvalue weighted by Gasteiger charge is 2.29. The number of sulfonamides is 1. The smallest absolute Gasteiger partial charge is 0.322 e. The third-order valence-electron chi connectivity index (χ3n) is 2.78. The van der Waals surface area contributed by atoms with E-state index in [1.807, 2.05) is 0 Å². The van der Waals surface area contributed by atoms with Crippen LogP contribution in [0.2, 0.25) is 0 Å². The van der Waals surface area contributed by atoms with Gasteiger partial charge in [0.2, 0.25) is 10.0 Å². The third kappa shape index (κ3) is 4.03. The summed E-state index contributed by atoms with van der Waals surface area (Å²) in [6.07, 6.45) is 0. The van der Waals surface area contributed by atoms with Gasteiger partial charge in [-0.05, 0) is 17.5 Å². The van der Waals surface area contributed by atoms with Gasteiger partial charge in [0, 0.05) is 7.11 Å². The largest absolute Gasteiger partial charge is 0.480 e. The molecule has 7 heteroatoms. The lowest BCUT2D eigenvalue weighted by molar-refractivity contribution is -0.140. The number of hydrogen-bond acceptors (Lipinski definition) is 4. The van der Waals surface area contributed by atoms with Crippen LogP contribution >= 0.6 is 0 Å². The van der Waals surface area contributed by atoms with Gasteiger partial charge >= 0.3 is 5.97 Å². The molecule has 2 N–H and O–H groups in total. The third-order valence-corrected chi connectivity index (χ3v) is 4.32. The van der Waals surface area contributed by atoms with E-state index in [2.05, 4.69) is 4.72 Å². The minimum absolute atomic E-state index is 0.0359. The van der Waals surface area contributed by atoms with E-state index in [4.69, 9.17) is 9.84 Å². The number of aliphatic carboxylic acids is 1. The Morgan fingerprint density at radius 2 is 1.95 bits per heavy atom. The zero-order chi connectivity index (χ0) is 15.3. The van der Waals surface area contributed by atoms with E-state index >= 15 is 0 Å². The van der Waals surface area contributed by atoms with Gasteiger partial charge in [-0.1, -0.05) is 32.0 Å². The molecule has 0 spiro atoms. The van der Waals surface area contributed by atoms with Crippen LogP contribution < -0.4 is 4.72 Å². The lowest BCUT2D eigenvalue weighted by atomic mass is 10.1. The first-order valence-electron chi connectivity index (χ1n) is 6.11. The summed E-state index contributed by atoms with van der Waals surface area (Å²) in [5.74, 6) is -1.57. The molecular weight excluding hydrogens is 282 g/mol. The second kappa shape index (κ2) is 6.83. The highest BCUT2D eigenvalue weighted by Crippen LogP contribution is 2.17. The van der Waals surface area contributed by atoms with Crippen molar-refractivity contribution >= 4 is 16.0 Å². The van der Waals surface area contributed by atoms with Gasteiger partial charge in [-0.3, -0.25) is 4.79 Å². The van der Waals surface area contributed by atoms with Crippen molar-refractivity contribution in [3.05, 3.63) is 29.8 Å². The van der Waals surface area contributed by atoms with Gasteiger partial charge in [-0.2, -0.15) is 4.72 Å². The molecule has 1 aromatic carbocycles. The highest BCUT2D eigenvalue weighted by atomic mass is 32.2. The standard InChI is InChI=1S/C13H19NO5S/c1-9(2)12(13(15)16)14-20(17,18)11-7-5-4-6-10(11)8-19-3/h4-7,9,12,14H,8H2,1-3H3,(H,15,16). The molecule has 112 valence electrons. The first-order valence-corrected chi connectivity index (χ1v) is 7.60. The number of benzene rings is 1. The van der Waals surface area contributed by atoms with Crippen molar-refractivity contribution in [1.29, 1.82) is 0 Å². The molecule has 0 aliphatic heterocycles. The van der Waals surface area contributed by atoms with E-state index in [9.17, 15) is 13.2 Å². The molecule has 0 heterocycles. The van der Waals surface area contributed by atoms with E-state index in [-0.39, 0.29) is 17.4 Å². The first-order chi connectivity index (χ1) is 9.29. The molecule has 20 heavy (non-hydrogen) atoms. The summed E-state index contributed by atoms with van der Waals surface area (Å²) in [7, 11) is -2.45. The van der Waals surface area contributed by atoms with Gasteiger partial charge in [0.25, 0.3) is 0 Å². The summed E-state index contributed by atoms with van der Waals surface area (Å²) >= 11 is 0. The molecule has 1 unspecified atom stereocenters. The van der Waals surface area contributed by atoms with Gasteiger partial charge in [0.15, 0.2) is 0 Å². The number of ether oxygens (including phenoxy) is 1. The van der Waals surface area contributed by atoms with Crippen molar-refractivity contribution in [2.24, 2.45) is 5.92 Å². The molecule has 0 bridgehead atoms. The van der Waals surface area contributed by atoms with Gasteiger partial charge < -0.3 is 9.84 Å². The molecule has 0 aliphatic carbocycles. The van der Waals surface area contributed by atoms with Crippen molar-refractivity contribution in [1.82, 2.24) is 4.72 Å². The second-order valence-electron chi connectivity index (χ2n) is 4.72. The van der Waals surface area contributed by atoms with Crippen molar-refractivity contribution in [2.75, 3.05) is 7.11 Å². The average Bonchev–Trinajstić information content (AvgIpc) is 2.36. The average molecular weight is 301 g/mol.